The number of amides is 1. The van der Waals surface area contributed by atoms with Gasteiger partial charge in [0, 0.05) is 12.3 Å². The van der Waals surface area contributed by atoms with Gasteiger partial charge in [-0.05, 0) is 37.7 Å². The molecule has 1 aromatic heterocycles. The maximum Gasteiger partial charge on any atom is 0.329 e. The molecule has 0 atom stereocenters. The Morgan fingerprint density at radius 1 is 1.41 bits per heavy atom. The van der Waals surface area contributed by atoms with Crippen LogP contribution in [0, 0.1) is 5.92 Å². The monoisotopic (exact) mass is 306 g/mol. The molecule has 1 heterocycles. The number of nitrogens with one attached hydrogen (secondary N) is 1. The van der Waals surface area contributed by atoms with E-state index in [0.717, 1.165) is 19.3 Å². The van der Waals surface area contributed by atoms with Crippen molar-refractivity contribution in [1.29, 1.82) is 0 Å². The summed E-state index contributed by atoms with van der Waals surface area (Å²) in [7, 11) is 1.49. The average Bonchev–Trinajstić information content (AvgIpc) is 2.55. The van der Waals surface area contributed by atoms with Crippen molar-refractivity contribution < 1.29 is 19.4 Å². The third-order valence-corrected chi connectivity index (χ3v) is 4.51. The number of aromatic nitrogens is 1. The molecule has 2 rings (SSSR count). The molecule has 1 saturated carbocycles. The van der Waals surface area contributed by atoms with Crippen LogP contribution in [0.25, 0.3) is 0 Å². The maximum absolute atomic E-state index is 12.3. The van der Waals surface area contributed by atoms with Crippen molar-refractivity contribution in [2.24, 2.45) is 5.92 Å². The van der Waals surface area contributed by atoms with E-state index in [1.54, 1.807) is 12.1 Å². The normalized spacial score (nSPS) is 24.5. The van der Waals surface area contributed by atoms with E-state index in [0.29, 0.717) is 30.2 Å². The van der Waals surface area contributed by atoms with E-state index in [1.165, 1.54) is 13.3 Å². The number of hydrogen-bond acceptors (Lipinski definition) is 4. The fourth-order valence-corrected chi connectivity index (χ4v) is 2.90. The van der Waals surface area contributed by atoms with Crippen LogP contribution in [-0.4, -0.2) is 34.6 Å². The first-order chi connectivity index (χ1) is 10.5. The van der Waals surface area contributed by atoms with Crippen molar-refractivity contribution in [2.75, 3.05) is 7.11 Å². The number of carbonyl (C=O) groups excluding carboxylic acids is 1. The molecule has 1 aromatic rings. The quantitative estimate of drug-likeness (QED) is 0.871. The van der Waals surface area contributed by atoms with Gasteiger partial charge in [0.25, 0.3) is 5.91 Å². The van der Waals surface area contributed by atoms with Gasteiger partial charge in [0.2, 0.25) is 5.88 Å². The molecule has 22 heavy (non-hydrogen) atoms. The van der Waals surface area contributed by atoms with Crippen molar-refractivity contribution in [3.05, 3.63) is 23.9 Å². The molecule has 0 aliphatic heterocycles. The first-order valence-corrected chi connectivity index (χ1v) is 7.56. The topological polar surface area (TPSA) is 88.5 Å². The van der Waals surface area contributed by atoms with Gasteiger partial charge in [-0.15, -0.1) is 0 Å². The SMILES string of the molecule is CCC1CCC(NC(=O)c2ccc(OC)nc2)(C(=O)O)CC1. The number of rotatable bonds is 5. The van der Waals surface area contributed by atoms with Crippen molar-refractivity contribution in [2.45, 2.75) is 44.6 Å². The lowest BCUT2D eigenvalue weighted by molar-refractivity contribution is -0.146. The van der Waals surface area contributed by atoms with Gasteiger partial charge in [-0.2, -0.15) is 0 Å². The summed E-state index contributed by atoms with van der Waals surface area (Å²) >= 11 is 0. The fraction of sp³-hybridized carbons (Fsp3) is 0.562. The Balaban J connectivity index is 2.10. The summed E-state index contributed by atoms with van der Waals surface area (Å²) in [6, 6.07) is 3.16. The Labute approximate surface area is 129 Å². The van der Waals surface area contributed by atoms with E-state index in [9.17, 15) is 14.7 Å². The highest BCUT2D eigenvalue weighted by atomic mass is 16.5. The van der Waals surface area contributed by atoms with Gasteiger partial charge in [-0.25, -0.2) is 9.78 Å². The Morgan fingerprint density at radius 2 is 2.09 bits per heavy atom. The molecule has 0 bridgehead atoms. The molecule has 1 amide bonds. The summed E-state index contributed by atoms with van der Waals surface area (Å²) in [5.74, 6) is -0.413. The third-order valence-electron chi connectivity index (χ3n) is 4.51. The first-order valence-electron chi connectivity index (χ1n) is 7.56. The largest absolute Gasteiger partial charge is 0.481 e. The van der Waals surface area contributed by atoms with Crippen molar-refractivity contribution in [3.8, 4) is 5.88 Å². The molecule has 1 fully saturated rings. The van der Waals surface area contributed by atoms with Crippen LogP contribution < -0.4 is 10.1 Å². The van der Waals surface area contributed by atoms with E-state index in [4.69, 9.17) is 4.74 Å². The fourth-order valence-electron chi connectivity index (χ4n) is 2.90. The van der Waals surface area contributed by atoms with E-state index < -0.39 is 17.4 Å². The van der Waals surface area contributed by atoms with E-state index in [1.807, 2.05) is 0 Å². The van der Waals surface area contributed by atoms with Gasteiger partial charge < -0.3 is 15.2 Å². The van der Waals surface area contributed by atoms with Crippen molar-refractivity contribution in [3.63, 3.8) is 0 Å². The number of methoxy groups -OCH3 is 1. The number of pyridine rings is 1. The number of aliphatic carboxylic acids is 1. The minimum atomic E-state index is -1.16. The standard InChI is InChI=1S/C16H22N2O4/c1-3-11-6-8-16(9-7-11,15(20)21)18-14(19)12-4-5-13(22-2)17-10-12/h4-5,10-11H,3,6-9H2,1-2H3,(H,18,19)(H,20,21). The zero-order valence-corrected chi connectivity index (χ0v) is 13.0. The maximum atomic E-state index is 12.3. The molecule has 0 radical (unpaired) electrons. The molecule has 0 aromatic carbocycles. The first kappa shape index (κ1) is 16.3. The van der Waals surface area contributed by atoms with Crippen LogP contribution in [-0.2, 0) is 4.79 Å². The highest BCUT2D eigenvalue weighted by molar-refractivity contribution is 5.97. The summed E-state index contributed by atoms with van der Waals surface area (Å²) in [4.78, 5) is 28.0. The number of nitrogens with zero attached hydrogens (tertiary/aromatic N) is 1. The highest BCUT2D eigenvalue weighted by Gasteiger charge is 2.43. The molecule has 6 heteroatoms. The summed E-state index contributed by atoms with van der Waals surface area (Å²) in [5.41, 5.74) is -0.832. The van der Waals surface area contributed by atoms with Gasteiger partial charge in [0.05, 0.1) is 12.7 Å². The second-order valence-corrected chi connectivity index (χ2v) is 5.78. The van der Waals surface area contributed by atoms with Crippen LogP contribution in [0.15, 0.2) is 18.3 Å². The Morgan fingerprint density at radius 3 is 2.55 bits per heavy atom. The molecule has 2 N–H and O–H groups in total. The van der Waals surface area contributed by atoms with Crippen LogP contribution >= 0.6 is 0 Å². The molecule has 0 saturated heterocycles. The average molecular weight is 306 g/mol. The number of ether oxygens (including phenoxy) is 1. The molecule has 0 spiro atoms. The predicted molar refractivity (Wildman–Crippen MR) is 80.9 cm³/mol. The van der Waals surface area contributed by atoms with E-state index in [-0.39, 0.29) is 0 Å². The number of carboxylic acids is 1. The van der Waals surface area contributed by atoms with Gasteiger partial charge >= 0.3 is 5.97 Å². The second kappa shape index (κ2) is 6.77. The van der Waals surface area contributed by atoms with Gasteiger partial charge in [0.1, 0.15) is 5.54 Å². The van der Waals surface area contributed by atoms with E-state index >= 15 is 0 Å². The molecule has 0 unspecified atom stereocenters. The van der Waals surface area contributed by atoms with Crippen LogP contribution in [0.2, 0.25) is 0 Å². The second-order valence-electron chi connectivity index (χ2n) is 5.78. The molecule has 6 nitrogen and oxygen atoms in total. The van der Waals surface area contributed by atoms with Gasteiger partial charge in [-0.3, -0.25) is 4.79 Å². The lowest BCUT2D eigenvalue weighted by Gasteiger charge is -2.37. The minimum Gasteiger partial charge on any atom is -0.481 e. The number of hydrogen-bond donors (Lipinski definition) is 2. The van der Waals surface area contributed by atoms with Gasteiger partial charge in [0.15, 0.2) is 0 Å². The Bertz CT molecular complexity index is 534. The number of carboxylic acid groups (broad SMARTS) is 1. The highest BCUT2D eigenvalue weighted by Crippen LogP contribution is 2.34. The van der Waals surface area contributed by atoms with Crippen LogP contribution in [0.3, 0.4) is 0 Å². The third kappa shape index (κ3) is 3.37. The van der Waals surface area contributed by atoms with Gasteiger partial charge in [-0.1, -0.05) is 13.3 Å². The lowest BCUT2D eigenvalue weighted by Crippen LogP contribution is -2.56. The number of carbonyl (C=O) groups is 2. The van der Waals surface area contributed by atoms with Crippen LogP contribution in [0.5, 0.6) is 5.88 Å². The molecule has 1 aliphatic rings. The summed E-state index contributed by atoms with van der Waals surface area (Å²) in [6.07, 6.45) is 5.02. The van der Waals surface area contributed by atoms with Crippen LogP contribution in [0.1, 0.15) is 49.4 Å². The molecular weight excluding hydrogens is 284 g/mol. The van der Waals surface area contributed by atoms with Crippen LogP contribution in [0.4, 0.5) is 0 Å². The zero-order valence-electron chi connectivity index (χ0n) is 13.0. The van der Waals surface area contributed by atoms with Crippen molar-refractivity contribution in [1.82, 2.24) is 10.3 Å². The summed E-state index contributed by atoms with van der Waals surface area (Å²) in [6.45, 7) is 2.11. The Kier molecular flexibility index (Phi) is 5.00. The summed E-state index contributed by atoms with van der Waals surface area (Å²) < 4.78 is 4.94. The minimum absolute atomic E-state index is 0.332. The predicted octanol–water partition coefficient (Wildman–Crippen LogP) is 2.24. The smallest absolute Gasteiger partial charge is 0.329 e. The zero-order chi connectivity index (χ0) is 16.2. The van der Waals surface area contributed by atoms with E-state index in [2.05, 4.69) is 17.2 Å². The lowest BCUT2D eigenvalue weighted by atomic mass is 9.75. The van der Waals surface area contributed by atoms with Crippen molar-refractivity contribution >= 4 is 11.9 Å². The molecule has 120 valence electrons. The molecular formula is C16H22N2O4. The Hall–Kier alpha value is -2.11. The molecule has 1 aliphatic carbocycles. The summed E-state index contributed by atoms with van der Waals surface area (Å²) in [5, 5.41) is 12.3.